The topological polar surface area (TPSA) is 13.1 Å². The molecule has 0 spiro atoms. The molecule has 0 saturated heterocycles. The number of hydrogen-bond donors (Lipinski definition) is 0. The van der Waals surface area contributed by atoms with Crippen LogP contribution in [0.4, 0.5) is 0 Å². The quantitative estimate of drug-likeness (QED) is 0.245. The molecule has 6 rings (SSSR count). The lowest BCUT2D eigenvalue weighted by molar-refractivity contribution is -0.659. The molecule has 168 valence electrons. The molecular formula is C32H30NO+. The molecule has 2 nitrogen and oxygen atoms in total. The molecule has 1 aliphatic rings. The monoisotopic (exact) mass is 444 g/mol. The lowest BCUT2D eigenvalue weighted by Gasteiger charge is -2.24. The van der Waals surface area contributed by atoms with Crippen molar-refractivity contribution in [2.24, 2.45) is 7.05 Å². The number of aromatic nitrogens is 1. The number of benzene rings is 4. The van der Waals surface area contributed by atoms with Crippen molar-refractivity contribution >= 4 is 21.5 Å². The largest absolute Gasteiger partial charge is 0.455 e. The number of pyridine rings is 1. The highest BCUT2D eigenvalue weighted by molar-refractivity contribution is 6.07. The van der Waals surface area contributed by atoms with Crippen LogP contribution in [0.3, 0.4) is 0 Å². The van der Waals surface area contributed by atoms with E-state index in [0.717, 1.165) is 11.5 Å². The number of fused-ring (bicyclic) bond motifs is 3. The van der Waals surface area contributed by atoms with Crippen molar-refractivity contribution in [3.05, 3.63) is 89.1 Å². The van der Waals surface area contributed by atoms with Crippen molar-refractivity contribution in [3.63, 3.8) is 0 Å². The molecular weight excluding hydrogens is 414 g/mol. The van der Waals surface area contributed by atoms with Crippen molar-refractivity contribution in [1.82, 2.24) is 0 Å². The SMILES string of the molecule is Cc1ccc2c(C)c3c(c(C)c2c1)Oc1cc(-c2ccc(C(C)C)cc2)cc2cc[n+](C)c-3c12. The summed E-state index contributed by atoms with van der Waals surface area (Å²) < 4.78 is 9.02. The second-order valence-electron chi connectivity index (χ2n) is 10.1. The van der Waals surface area contributed by atoms with E-state index in [1.165, 1.54) is 66.2 Å². The smallest absolute Gasteiger partial charge is 0.228 e. The highest BCUT2D eigenvalue weighted by Crippen LogP contribution is 2.51. The number of nitrogens with zero attached hydrogens (tertiary/aromatic N) is 1. The molecule has 0 N–H and O–H groups in total. The minimum Gasteiger partial charge on any atom is -0.455 e. The maximum absolute atomic E-state index is 6.77. The van der Waals surface area contributed by atoms with Gasteiger partial charge < -0.3 is 4.74 Å². The van der Waals surface area contributed by atoms with Crippen LogP contribution >= 0.6 is 0 Å². The van der Waals surface area contributed by atoms with Gasteiger partial charge in [-0.25, -0.2) is 4.57 Å². The van der Waals surface area contributed by atoms with Crippen LogP contribution < -0.4 is 9.30 Å². The summed E-state index contributed by atoms with van der Waals surface area (Å²) in [6.07, 6.45) is 2.18. The first-order valence-electron chi connectivity index (χ1n) is 12.1. The van der Waals surface area contributed by atoms with Gasteiger partial charge in [0.25, 0.3) is 0 Å². The molecule has 4 aromatic carbocycles. The predicted molar refractivity (Wildman–Crippen MR) is 142 cm³/mol. The van der Waals surface area contributed by atoms with Crippen LogP contribution in [0.15, 0.2) is 66.9 Å². The van der Waals surface area contributed by atoms with Gasteiger partial charge in [0.2, 0.25) is 5.69 Å². The van der Waals surface area contributed by atoms with Crippen LogP contribution in [-0.4, -0.2) is 0 Å². The Balaban J connectivity index is 1.64. The summed E-state index contributed by atoms with van der Waals surface area (Å²) in [5, 5.41) is 4.97. The fourth-order valence-corrected chi connectivity index (χ4v) is 5.51. The van der Waals surface area contributed by atoms with Crippen LogP contribution in [0.1, 0.15) is 42.0 Å². The van der Waals surface area contributed by atoms with Crippen LogP contribution in [0.5, 0.6) is 11.5 Å². The third-order valence-electron chi connectivity index (χ3n) is 7.49. The van der Waals surface area contributed by atoms with Crippen molar-refractivity contribution in [1.29, 1.82) is 0 Å². The molecule has 0 unspecified atom stereocenters. The first-order chi connectivity index (χ1) is 16.3. The average molecular weight is 445 g/mol. The van der Waals surface area contributed by atoms with Gasteiger partial charge in [-0.1, -0.05) is 61.9 Å². The molecule has 1 aliphatic heterocycles. The lowest BCUT2D eigenvalue weighted by atomic mass is 9.88. The van der Waals surface area contributed by atoms with Gasteiger partial charge >= 0.3 is 0 Å². The summed E-state index contributed by atoms with van der Waals surface area (Å²) in [5.41, 5.74) is 9.96. The maximum Gasteiger partial charge on any atom is 0.228 e. The second kappa shape index (κ2) is 7.43. The Labute approximate surface area is 201 Å². The van der Waals surface area contributed by atoms with E-state index in [1.807, 2.05) is 0 Å². The average Bonchev–Trinajstić information content (AvgIpc) is 2.84. The number of rotatable bonds is 2. The first-order valence-corrected chi connectivity index (χ1v) is 12.1. The number of aryl methyl sites for hydroxylation is 4. The molecule has 0 saturated carbocycles. The van der Waals surface area contributed by atoms with Gasteiger partial charge in [0.15, 0.2) is 6.20 Å². The van der Waals surface area contributed by atoms with E-state index in [1.54, 1.807) is 0 Å². The normalized spacial score (nSPS) is 12.3. The molecule has 0 amide bonds. The van der Waals surface area contributed by atoms with Gasteiger partial charge in [-0.05, 0) is 77.2 Å². The van der Waals surface area contributed by atoms with Crippen LogP contribution in [0.2, 0.25) is 0 Å². The predicted octanol–water partition coefficient (Wildman–Crippen LogP) is 8.31. The van der Waals surface area contributed by atoms with E-state index in [4.69, 9.17) is 4.74 Å². The Hall–Kier alpha value is -3.65. The number of ether oxygens (including phenoxy) is 1. The van der Waals surface area contributed by atoms with Gasteiger partial charge in [0.1, 0.15) is 18.5 Å². The standard InChI is InChI=1S/C32H30NO/c1-18(2)22-8-10-23(11-9-22)25-16-24-13-14-33(6)31-29-20(4)26-12-7-19(3)15-27(26)21(5)32(29)34-28(17-25)30(24)31/h7-18H,1-6H3/q+1. The van der Waals surface area contributed by atoms with E-state index < -0.39 is 0 Å². The molecule has 1 aromatic heterocycles. The summed E-state index contributed by atoms with van der Waals surface area (Å²) in [5.74, 6) is 2.45. The fourth-order valence-electron chi connectivity index (χ4n) is 5.51. The van der Waals surface area contributed by atoms with Crippen molar-refractivity contribution in [2.45, 2.75) is 40.5 Å². The highest BCUT2D eigenvalue weighted by atomic mass is 16.5. The molecule has 0 atom stereocenters. The zero-order valence-corrected chi connectivity index (χ0v) is 20.8. The second-order valence-corrected chi connectivity index (χ2v) is 10.1. The molecule has 2 heteroatoms. The third-order valence-corrected chi connectivity index (χ3v) is 7.49. The van der Waals surface area contributed by atoms with Crippen molar-refractivity contribution in [2.75, 3.05) is 0 Å². The van der Waals surface area contributed by atoms with Gasteiger partial charge in [-0.15, -0.1) is 0 Å². The summed E-state index contributed by atoms with van der Waals surface area (Å²) >= 11 is 0. The van der Waals surface area contributed by atoms with Crippen molar-refractivity contribution < 1.29 is 9.30 Å². The Morgan fingerprint density at radius 2 is 1.53 bits per heavy atom. The summed E-state index contributed by atoms with van der Waals surface area (Å²) in [7, 11) is 2.14. The van der Waals surface area contributed by atoms with E-state index in [9.17, 15) is 0 Å². The molecule has 0 fully saturated rings. The molecule has 0 radical (unpaired) electrons. The molecule has 0 aliphatic carbocycles. The fraction of sp³-hybridized carbons (Fsp3) is 0.219. The summed E-state index contributed by atoms with van der Waals surface area (Å²) in [6.45, 7) is 11.0. The Morgan fingerprint density at radius 1 is 0.765 bits per heavy atom. The van der Waals surface area contributed by atoms with Gasteiger partial charge in [0.05, 0.1) is 10.9 Å². The summed E-state index contributed by atoms with van der Waals surface area (Å²) in [4.78, 5) is 0. The minimum absolute atomic E-state index is 0.527. The van der Waals surface area contributed by atoms with Crippen LogP contribution in [0, 0.1) is 20.8 Å². The minimum atomic E-state index is 0.527. The molecule has 34 heavy (non-hydrogen) atoms. The number of hydrogen-bond acceptors (Lipinski definition) is 1. The zero-order valence-electron chi connectivity index (χ0n) is 20.8. The van der Waals surface area contributed by atoms with Gasteiger partial charge in [-0.2, -0.15) is 0 Å². The van der Waals surface area contributed by atoms with Crippen LogP contribution in [0.25, 0.3) is 43.9 Å². The Bertz CT molecular complexity index is 1620. The molecule has 5 aromatic rings. The van der Waals surface area contributed by atoms with Crippen molar-refractivity contribution in [3.8, 4) is 33.9 Å². The summed E-state index contributed by atoms with van der Waals surface area (Å²) in [6, 6.07) is 22.4. The lowest BCUT2D eigenvalue weighted by Crippen LogP contribution is -2.32. The van der Waals surface area contributed by atoms with Crippen LogP contribution in [-0.2, 0) is 7.05 Å². The third kappa shape index (κ3) is 2.98. The Morgan fingerprint density at radius 3 is 2.26 bits per heavy atom. The Kier molecular flexibility index (Phi) is 4.57. The van der Waals surface area contributed by atoms with Gasteiger partial charge in [-0.3, -0.25) is 0 Å². The van der Waals surface area contributed by atoms with E-state index in [0.29, 0.717) is 5.92 Å². The van der Waals surface area contributed by atoms with Gasteiger partial charge in [0, 0.05) is 11.6 Å². The zero-order chi connectivity index (χ0) is 23.7. The van der Waals surface area contributed by atoms with E-state index >= 15 is 0 Å². The highest BCUT2D eigenvalue weighted by Gasteiger charge is 2.32. The molecule has 0 bridgehead atoms. The van der Waals surface area contributed by atoms with E-state index in [2.05, 4.69) is 113 Å². The molecule has 2 heterocycles. The first kappa shape index (κ1) is 20.9. The van der Waals surface area contributed by atoms with E-state index in [-0.39, 0.29) is 0 Å². The maximum atomic E-state index is 6.77.